The molecule has 0 aliphatic heterocycles. The Morgan fingerprint density at radius 2 is 2.12 bits per heavy atom. The minimum Gasteiger partial charge on any atom is -0.391 e. The largest absolute Gasteiger partial charge is 0.391 e. The van der Waals surface area contributed by atoms with Crippen molar-refractivity contribution in [2.45, 2.75) is 56.2 Å². The number of nitrogens with zero attached hydrogens (tertiary/aromatic N) is 4. The number of anilines is 3. The van der Waals surface area contributed by atoms with Gasteiger partial charge < -0.3 is 25.6 Å². The zero-order valence-corrected chi connectivity index (χ0v) is 18.5. The van der Waals surface area contributed by atoms with Crippen LogP contribution in [0, 0.1) is 0 Å². The summed E-state index contributed by atoms with van der Waals surface area (Å²) in [6.45, 7) is 0. The maximum Gasteiger partial charge on any atom is 0.274 e. The number of aliphatic hydroxyl groups is 1. The molecule has 0 radical (unpaired) electrons. The SMILES string of the molecule is CNc1cc(Nc2cccn([C@H]3CCC[C@H]3O)c2=O)nc2c(C(=O)N[C@H]3CCC3(F)F)cnn12. The Morgan fingerprint density at radius 1 is 1.29 bits per heavy atom. The van der Waals surface area contributed by atoms with E-state index < -0.39 is 24.0 Å². The topological polar surface area (TPSA) is 126 Å². The van der Waals surface area contributed by atoms with E-state index in [0.29, 0.717) is 18.7 Å². The molecule has 2 saturated carbocycles. The van der Waals surface area contributed by atoms with Gasteiger partial charge >= 0.3 is 0 Å². The lowest BCUT2D eigenvalue weighted by Crippen LogP contribution is -2.55. The second-order valence-corrected chi connectivity index (χ2v) is 8.72. The number of alkyl halides is 2. The maximum atomic E-state index is 13.6. The summed E-state index contributed by atoms with van der Waals surface area (Å²) in [4.78, 5) is 30.2. The predicted octanol–water partition coefficient (Wildman–Crippen LogP) is 2.29. The molecular weight excluding hydrogens is 448 g/mol. The second-order valence-electron chi connectivity index (χ2n) is 8.72. The molecule has 0 saturated heterocycles. The monoisotopic (exact) mass is 473 g/mol. The number of amides is 1. The molecule has 1 amide bonds. The van der Waals surface area contributed by atoms with E-state index in [0.717, 1.165) is 6.42 Å². The van der Waals surface area contributed by atoms with Crippen LogP contribution in [-0.4, -0.2) is 55.3 Å². The molecule has 4 N–H and O–H groups in total. The van der Waals surface area contributed by atoms with Crippen molar-refractivity contribution < 1.29 is 18.7 Å². The smallest absolute Gasteiger partial charge is 0.274 e. The van der Waals surface area contributed by atoms with Crippen LogP contribution in [0.25, 0.3) is 5.65 Å². The van der Waals surface area contributed by atoms with Crippen molar-refractivity contribution in [2.75, 3.05) is 17.7 Å². The molecule has 3 aromatic rings. The lowest BCUT2D eigenvalue weighted by atomic mass is 9.88. The standard InChI is InChI=1S/C22H25F2N7O3/c1-25-18-10-17(27-13-4-3-9-30(21(13)34)14-5-2-6-15(14)32)29-19-12(11-26-31(18)19)20(33)28-16-7-8-22(16,23)24/h3-4,9-11,14-16,25,32H,2,5-8H2,1H3,(H,27,29)(H,28,33)/t14-,15+,16-/m0/s1. The molecule has 10 nitrogen and oxygen atoms in total. The van der Waals surface area contributed by atoms with Gasteiger partial charge in [0.25, 0.3) is 17.4 Å². The molecule has 34 heavy (non-hydrogen) atoms. The van der Waals surface area contributed by atoms with Crippen molar-refractivity contribution in [2.24, 2.45) is 0 Å². The van der Waals surface area contributed by atoms with Gasteiger partial charge in [-0.25, -0.2) is 13.8 Å². The fourth-order valence-electron chi connectivity index (χ4n) is 4.54. The normalized spacial score (nSPS) is 23.5. The molecule has 3 aromatic heterocycles. The summed E-state index contributed by atoms with van der Waals surface area (Å²) in [7, 11) is 1.66. The van der Waals surface area contributed by atoms with Gasteiger partial charge in [0.15, 0.2) is 5.65 Å². The summed E-state index contributed by atoms with van der Waals surface area (Å²) in [6.07, 6.45) is 4.51. The number of nitrogens with one attached hydrogen (secondary N) is 3. The van der Waals surface area contributed by atoms with Crippen molar-refractivity contribution in [1.82, 2.24) is 24.5 Å². The van der Waals surface area contributed by atoms with Gasteiger partial charge in [0.2, 0.25) is 0 Å². The van der Waals surface area contributed by atoms with Gasteiger partial charge in [0, 0.05) is 25.7 Å². The second kappa shape index (κ2) is 8.35. The van der Waals surface area contributed by atoms with Crippen molar-refractivity contribution in [1.29, 1.82) is 0 Å². The Kier molecular flexibility index (Phi) is 5.47. The molecule has 0 bridgehead atoms. The van der Waals surface area contributed by atoms with Crippen LogP contribution >= 0.6 is 0 Å². The molecule has 0 unspecified atom stereocenters. The van der Waals surface area contributed by atoms with E-state index in [9.17, 15) is 23.5 Å². The average molecular weight is 473 g/mol. The molecule has 0 aromatic carbocycles. The summed E-state index contributed by atoms with van der Waals surface area (Å²) in [5.74, 6) is -2.87. The summed E-state index contributed by atoms with van der Waals surface area (Å²) in [6, 6.07) is 3.43. The number of pyridine rings is 1. The van der Waals surface area contributed by atoms with Crippen LogP contribution in [0.15, 0.2) is 35.4 Å². The predicted molar refractivity (Wildman–Crippen MR) is 121 cm³/mol. The van der Waals surface area contributed by atoms with Crippen LogP contribution < -0.4 is 21.5 Å². The Bertz CT molecular complexity index is 1310. The molecule has 5 rings (SSSR count). The molecule has 3 heterocycles. The van der Waals surface area contributed by atoms with Crippen LogP contribution in [0.4, 0.5) is 26.1 Å². The highest BCUT2D eigenvalue weighted by Crippen LogP contribution is 2.37. The summed E-state index contributed by atoms with van der Waals surface area (Å²) in [5, 5.41) is 22.7. The number of carbonyl (C=O) groups excluding carboxylic acids is 1. The third-order valence-electron chi connectivity index (χ3n) is 6.59. The van der Waals surface area contributed by atoms with Gasteiger partial charge in [-0.3, -0.25) is 9.59 Å². The number of hydrogen-bond acceptors (Lipinski definition) is 7. The Balaban J connectivity index is 1.47. The Hall–Kier alpha value is -3.54. The van der Waals surface area contributed by atoms with E-state index in [1.54, 1.807) is 31.4 Å². The number of aliphatic hydroxyl groups excluding tert-OH is 1. The highest BCUT2D eigenvalue weighted by atomic mass is 19.3. The van der Waals surface area contributed by atoms with E-state index >= 15 is 0 Å². The van der Waals surface area contributed by atoms with Crippen molar-refractivity contribution in [3.05, 3.63) is 46.5 Å². The van der Waals surface area contributed by atoms with E-state index in [2.05, 4.69) is 26.0 Å². The molecule has 2 aliphatic carbocycles. The zero-order valence-electron chi connectivity index (χ0n) is 18.5. The summed E-state index contributed by atoms with van der Waals surface area (Å²) >= 11 is 0. The zero-order chi connectivity index (χ0) is 24.0. The van der Waals surface area contributed by atoms with Crippen LogP contribution in [0.1, 0.15) is 48.5 Å². The van der Waals surface area contributed by atoms with Crippen LogP contribution in [0.3, 0.4) is 0 Å². The van der Waals surface area contributed by atoms with Gasteiger partial charge in [0.05, 0.1) is 24.4 Å². The number of hydrogen-bond donors (Lipinski definition) is 4. The number of carbonyl (C=O) groups is 1. The molecular formula is C22H25F2N7O3. The van der Waals surface area contributed by atoms with Crippen molar-refractivity contribution >= 4 is 28.9 Å². The molecule has 180 valence electrons. The fraction of sp³-hybridized carbons (Fsp3) is 0.455. The van der Waals surface area contributed by atoms with E-state index in [1.165, 1.54) is 15.3 Å². The number of fused-ring (bicyclic) bond motifs is 1. The first-order chi connectivity index (χ1) is 16.3. The van der Waals surface area contributed by atoms with Gasteiger partial charge in [0.1, 0.15) is 22.9 Å². The lowest BCUT2D eigenvalue weighted by molar-refractivity contribution is -0.102. The highest BCUT2D eigenvalue weighted by Gasteiger charge is 2.49. The van der Waals surface area contributed by atoms with Crippen LogP contribution in [-0.2, 0) is 0 Å². The molecule has 2 aliphatic rings. The maximum absolute atomic E-state index is 13.6. The van der Waals surface area contributed by atoms with E-state index in [-0.39, 0.29) is 47.2 Å². The first-order valence-corrected chi connectivity index (χ1v) is 11.2. The Morgan fingerprint density at radius 3 is 2.76 bits per heavy atom. The van der Waals surface area contributed by atoms with E-state index in [4.69, 9.17) is 0 Å². The van der Waals surface area contributed by atoms with Gasteiger partial charge in [-0.05, 0) is 37.8 Å². The van der Waals surface area contributed by atoms with Crippen molar-refractivity contribution in [3.8, 4) is 0 Å². The van der Waals surface area contributed by atoms with Gasteiger partial charge in [-0.1, -0.05) is 0 Å². The van der Waals surface area contributed by atoms with Crippen molar-refractivity contribution in [3.63, 3.8) is 0 Å². The molecule has 0 spiro atoms. The summed E-state index contributed by atoms with van der Waals surface area (Å²) < 4.78 is 30.2. The molecule has 3 atom stereocenters. The molecule has 2 fully saturated rings. The third kappa shape index (κ3) is 3.77. The molecule has 12 heteroatoms. The van der Waals surface area contributed by atoms with Crippen LogP contribution in [0.5, 0.6) is 0 Å². The average Bonchev–Trinajstić information content (AvgIpc) is 3.43. The summed E-state index contributed by atoms with van der Waals surface area (Å²) in [5.41, 5.74) is 0.138. The third-order valence-corrected chi connectivity index (χ3v) is 6.59. The number of aromatic nitrogens is 4. The first kappa shape index (κ1) is 22.3. The minimum absolute atomic E-state index is 0.0439. The quantitative estimate of drug-likeness (QED) is 0.433. The van der Waals surface area contributed by atoms with Gasteiger partial charge in [-0.15, -0.1) is 0 Å². The highest BCUT2D eigenvalue weighted by molar-refractivity contribution is 6.00. The number of halogens is 2. The first-order valence-electron chi connectivity index (χ1n) is 11.2. The lowest BCUT2D eigenvalue weighted by Gasteiger charge is -2.36. The number of rotatable bonds is 6. The van der Waals surface area contributed by atoms with Crippen LogP contribution in [0.2, 0.25) is 0 Å². The minimum atomic E-state index is -2.92. The van der Waals surface area contributed by atoms with Gasteiger partial charge in [-0.2, -0.15) is 9.61 Å². The fourth-order valence-corrected chi connectivity index (χ4v) is 4.54. The van der Waals surface area contributed by atoms with E-state index in [1.807, 2.05) is 0 Å². The Labute approximate surface area is 193 Å².